The summed E-state index contributed by atoms with van der Waals surface area (Å²) in [6.45, 7) is 3.20. The molecule has 2 aromatic heterocycles. The van der Waals surface area contributed by atoms with E-state index in [1.807, 2.05) is 31.2 Å². The molecule has 0 aliphatic heterocycles. The van der Waals surface area contributed by atoms with Crippen LogP contribution >= 0.6 is 23.4 Å². The predicted molar refractivity (Wildman–Crippen MR) is 173 cm³/mol. The highest BCUT2D eigenvalue weighted by molar-refractivity contribution is 7.98. The van der Waals surface area contributed by atoms with Gasteiger partial charge in [0.2, 0.25) is 0 Å². The van der Waals surface area contributed by atoms with Crippen LogP contribution in [0.15, 0.2) is 58.4 Å². The summed E-state index contributed by atoms with van der Waals surface area (Å²) in [5, 5.41) is 4.28. The molecule has 0 spiro atoms. The van der Waals surface area contributed by atoms with Crippen LogP contribution in [0.3, 0.4) is 0 Å². The minimum absolute atomic E-state index is 0.0533. The van der Waals surface area contributed by atoms with E-state index in [1.165, 1.54) is 4.57 Å². The molecular formula is C30H38ClFN8OS. The average molecular weight is 613 g/mol. The van der Waals surface area contributed by atoms with Crippen LogP contribution in [0.2, 0.25) is 5.02 Å². The number of aryl methyl sites for hydroxylation is 1. The molecule has 0 bridgehead atoms. The number of nitrogens with zero attached hydrogens (tertiary/aromatic N) is 3. The Balaban J connectivity index is 1.51. The maximum Gasteiger partial charge on any atom is 0.354 e. The third kappa shape index (κ3) is 8.34. The van der Waals surface area contributed by atoms with Gasteiger partial charge in [-0.25, -0.2) is 9.18 Å². The molecule has 2 heterocycles. The monoisotopic (exact) mass is 612 g/mol. The van der Waals surface area contributed by atoms with Crippen molar-refractivity contribution in [1.29, 1.82) is 0 Å². The molecule has 42 heavy (non-hydrogen) atoms. The van der Waals surface area contributed by atoms with Crippen molar-refractivity contribution in [3.63, 3.8) is 0 Å². The predicted octanol–water partition coefficient (Wildman–Crippen LogP) is 4.33. The van der Waals surface area contributed by atoms with Gasteiger partial charge in [-0.2, -0.15) is 16.7 Å². The van der Waals surface area contributed by atoms with Crippen LogP contribution in [-0.4, -0.2) is 51.1 Å². The molecule has 8 N–H and O–H groups in total. The highest BCUT2D eigenvalue weighted by Crippen LogP contribution is 2.31. The van der Waals surface area contributed by atoms with Crippen molar-refractivity contribution in [2.24, 2.45) is 22.2 Å². The van der Waals surface area contributed by atoms with Crippen LogP contribution in [0.25, 0.3) is 28.0 Å². The summed E-state index contributed by atoms with van der Waals surface area (Å²) in [5.74, 6) is 0.516. The number of guanidine groups is 1. The number of rotatable bonds is 14. The first kappa shape index (κ1) is 31.6. The Morgan fingerprint density at radius 1 is 1.19 bits per heavy atom. The van der Waals surface area contributed by atoms with Gasteiger partial charge in [0.25, 0.3) is 0 Å². The summed E-state index contributed by atoms with van der Waals surface area (Å²) in [6.07, 6.45) is 7.07. The molecule has 0 aliphatic carbocycles. The van der Waals surface area contributed by atoms with Gasteiger partial charge in [0.1, 0.15) is 5.65 Å². The highest BCUT2D eigenvalue weighted by atomic mass is 35.5. The SMILES string of the molecule is CSC[C@@H](CCN=C(N)N)NCc1ccc(-n2cc3cc(-c4cc(CCC[C@H](C)N)cc(Cl)c4F)[nH]c3nc2=O)cc1. The van der Waals surface area contributed by atoms with Crippen LogP contribution in [-0.2, 0) is 13.0 Å². The minimum Gasteiger partial charge on any atom is -0.370 e. The quantitative estimate of drug-likeness (QED) is 0.105. The molecule has 4 rings (SSSR count). The lowest BCUT2D eigenvalue weighted by atomic mass is 10.0. The highest BCUT2D eigenvalue weighted by Gasteiger charge is 2.16. The fraction of sp³-hybridized carbons (Fsp3) is 0.367. The van der Waals surface area contributed by atoms with E-state index in [-0.39, 0.29) is 23.1 Å². The number of halogens is 2. The number of H-pyrrole nitrogens is 1. The van der Waals surface area contributed by atoms with Crippen LogP contribution in [0.1, 0.15) is 37.3 Å². The molecule has 2 atom stereocenters. The molecule has 0 amide bonds. The topological polar surface area (TPSA) is 153 Å². The number of thioether (sulfide) groups is 1. The second-order valence-electron chi connectivity index (χ2n) is 10.5. The number of benzene rings is 2. The number of aliphatic imine (C=N–C) groups is 1. The summed E-state index contributed by atoms with van der Waals surface area (Å²) in [6, 6.07) is 13.3. The van der Waals surface area contributed by atoms with E-state index >= 15 is 4.39 Å². The summed E-state index contributed by atoms with van der Waals surface area (Å²) < 4.78 is 16.6. The van der Waals surface area contributed by atoms with E-state index < -0.39 is 11.5 Å². The molecule has 0 saturated heterocycles. The average Bonchev–Trinajstić information content (AvgIpc) is 3.35. The Labute approximate surface area is 254 Å². The number of aromatic nitrogens is 3. The number of hydrogen-bond acceptors (Lipinski definition) is 6. The second-order valence-corrected chi connectivity index (χ2v) is 11.8. The molecule has 0 unspecified atom stereocenters. The second kappa shape index (κ2) is 14.7. The van der Waals surface area contributed by atoms with Crippen molar-refractivity contribution in [3.8, 4) is 16.9 Å². The Hall–Kier alpha value is -3.38. The minimum atomic E-state index is -0.519. The van der Waals surface area contributed by atoms with Crippen LogP contribution < -0.4 is 28.2 Å². The summed E-state index contributed by atoms with van der Waals surface area (Å²) in [7, 11) is 0. The van der Waals surface area contributed by atoms with E-state index in [2.05, 4.69) is 26.5 Å². The maximum atomic E-state index is 15.1. The van der Waals surface area contributed by atoms with Gasteiger partial charge in [0.15, 0.2) is 11.8 Å². The Bertz CT molecular complexity index is 1580. The lowest BCUT2D eigenvalue weighted by molar-refractivity contribution is 0.527. The number of nitrogens with two attached hydrogens (primary N) is 3. The van der Waals surface area contributed by atoms with Crippen molar-refractivity contribution >= 4 is 40.4 Å². The van der Waals surface area contributed by atoms with Crippen LogP contribution in [0.4, 0.5) is 4.39 Å². The molecule has 4 aromatic rings. The molecule has 0 radical (unpaired) electrons. The largest absolute Gasteiger partial charge is 0.370 e. The lowest BCUT2D eigenvalue weighted by Gasteiger charge is -2.17. The maximum absolute atomic E-state index is 15.1. The van der Waals surface area contributed by atoms with Crippen molar-refractivity contribution < 1.29 is 4.39 Å². The third-order valence-electron chi connectivity index (χ3n) is 6.96. The number of aromatic amines is 1. The van der Waals surface area contributed by atoms with E-state index in [9.17, 15) is 4.79 Å². The Morgan fingerprint density at radius 3 is 2.64 bits per heavy atom. The van der Waals surface area contributed by atoms with Gasteiger partial charge in [0.05, 0.1) is 16.4 Å². The first-order valence-electron chi connectivity index (χ1n) is 13.9. The molecule has 0 aliphatic rings. The summed E-state index contributed by atoms with van der Waals surface area (Å²) in [4.78, 5) is 24.3. The van der Waals surface area contributed by atoms with Gasteiger partial charge in [-0.1, -0.05) is 23.7 Å². The fourth-order valence-electron chi connectivity index (χ4n) is 4.77. The van der Waals surface area contributed by atoms with Gasteiger partial charge in [0, 0.05) is 48.1 Å². The van der Waals surface area contributed by atoms with Gasteiger partial charge >= 0.3 is 5.69 Å². The van der Waals surface area contributed by atoms with Crippen molar-refractivity contribution in [2.45, 2.75) is 51.2 Å². The molecule has 9 nitrogen and oxygen atoms in total. The van der Waals surface area contributed by atoms with E-state index in [0.717, 1.165) is 42.6 Å². The van der Waals surface area contributed by atoms with Gasteiger partial charge < -0.3 is 27.5 Å². The van der Waals surface area contributed by atoms with Crippen LogP contribution in [0.5, 0.6) is 0 Å². The van der Waals surface area contributed by atoms with E-state index in [4.69, 9.17) is 28.8 Å². The smallest absolute Gasteiger partial charge is 0.354 e. The number of fused-ring (bicyclic) bond motifs is 1. The summed E-state index contributed by atoms with van der Waals surface area (Å²) in [5.41, 5.74) is 20.2. The Morgan fingerprint density at radius 2 is 1.95 bits per heavy atom. The van der Waals surface area contributed by atoms with E-state index in [0.29, 0.717) is 41.1 Å². The third-order valence-corrected chi connectivity index (χ3v) is 7.97. The fourth-order valence-corrected chi connectivity index (χ4v) is 5.70. The zero-order valence-corrected chi connectivity index (χ0v) is 25.4. The Kier molecular flexibility index (Phi) is 11.0. The van der Waals surface area contributed by atoms with E-state index in [1.54, 1.807) is 36.2 Å². The normalized spacial score (nSPS) is 12.9. The summed E-state index contributed by atoms with van der Waals surface area (Å²) >= 11 is 8.00. The molecular weight excluding hydrogens is 575 g/mol. The molecule has 2 aromatic carbocycles. The van der Waals surface area contributed by atoms with Crippen molar-refractivity contribution in [1.82, 2.24) is 19.9 Å². The number of hydrogen-bond donors (Lipinski definition) is 5. The van der Waals surface area contributed by atoms with Crippen molar-refractivity contribution in [2.75, 3.05) is 18.6 Å². The zero-order chi connectivity index (χ0) is 30.2. The standard InChI is InChI=1S/C30H38ClFN8OS/c1-18(33)4-3-5-20-12-24(27(32)25(31)13-20)26-14-21-16-40(30(41)39-28(21)38-26)23-8-6-19(7-9-23)15-37-22(17-42-2)10-11-36-29(34)35/h6-9,12-14,16,18,22,37H,3-5,10-11,15,17,33H2,1-2H3,(H4,34,35,36)(H,38,39,41)/t18-,22+/m0/s1. The van der Waals surface area contributed by atoms with Crippen molar-refractivity contribution in [3.05, 3.63) is 81.1 Å². The zero-order valence-electron chi connectivity index (χ0n) is 23.9. The van der Waals surface area contributed by atoms with Gasteiger partial charge in [-0.3, -0.25) is 9.56 Å². The molecule has 0 saturated carbocycles. The van der Waals surface area contributed by atoms with Crippen LogP contribution in [0, 0.1) is 5.82 Å². The first-order chi connectivity index (χ1) is 20.1. The first-order valence-corrected chi connectivity index (χ1v) is 15.6. The molecule has 0 fully saturated rings. The lowest BCUT2D eigenvalue weighted by Crippen LogP contribution is -2.32. The number of nitrogens with one attached hydrogen (secondary N) is 2. The molecule has 224 valence electrons. The van der Waals surface area contributed by atoms with Gasteiger partial charge in [-0.15, -0.1) is 0 Å². The van der Waals surface area contributed by atoms with Gasteiger partial charge in [-0.05, 0) is 80.3 Å². The molecule has 12 heteroatoms.